The third-order valence-electron chi connectivity index (χ3n) is 2.13. The molecule has 15 heavy (non-hydrogen) atoms. The fourth-order valence-corrected chi connectivity index (χ4v) is 2.33. The average molecular weight is 222 g/mol. The van der Waals surface area contributed by atoms with Crippen molar-refractivity contribution in [3.05, 3.63) is 23.8 Å². The van der Waals surface area contributed by atoms with Crippen LogP contribution in [0.4, 0.5) is 5.82 Å². The first-order valence-electron chi connectivity index (χ1n) is 4.40. The Kier molecular flexibility index (Phi) is 2.32. The number of hydrogen-bond donors (Lipinski definition) is 1. The molecule has 0 aliphatic rings. The minimum Gasteiger partial charge on any atom is -0.478 e. The maximum atomic E-state index is 11.0. The van der Waals surface area contributed by atoms with Crippen molar-refractivity contribution in [3.8, 4) is 0 Å². The summed E-state index contributed by atoms with van der Waals surface area (Å²) < 4.78 is 5.14. The van der Waals surface area contributed by atoms with Gasteiger partial charge in [-0.05, 0) is 23.7 Å². The van der Waals surface area contributed by atoms with E-state index >= 15 is 0 Å². The fraction of sp³-hybridized carbons (Fsp3) is 0.200. The predicted molar refractivity (Wildman–Crippen MR) is 60.9 cm³/mol. The number of carboxylic acids is 1. The van der Waals surface area contributed by atoms with Gasteiger partial charge in [-0.25, -0.2) is 4.79 Å². The monoisotopic (exact) mass is 222 g/mol. The molecule has 5 heteroatoms. The topological polar surface area (TPSA) is 53.4 Å². The lowest BCUT2D eigenvalue weighted by atomic mass is 10.1. The molecule has 1 N–H and O–H groups in total. The van der Waals surface area contributed by atoms with E-state index in [0.717, 1.165) is 10.1 Å². The van der Waals surface area contributed by atoms with Crippen LogP contribution < -0.4 is 4.90 Å². The molecule has 0 bridgehead atoms. The van der Waals surface area contributed by atoms with Crippen LogP contribution in [0, 0.1) is 0 Å². The smallest absolute Gasteiger partial charge is 0.336 e. The third-order valence-corrected chi connectivity index (χ3v) is 2.94. The van der Waals surface area contributed by atoms with Gasteiger partial charge in [0.2, 0.25) is 0 Å². The summed E-state index contributed by atoms with van der Waals surface area (Å²) in [5.74, 6) is -0.197. The van der Waals surface area contributed by atoms with Crippen LogP contribution >= 0.6 is 11.5 Å². The van der Waals surface area contributed by atoms with Crippen molar-refractivity contribution in [1.82, 2.24) is 4.37 Å². The van der Waals surface area contributed by atoms with Crippen LogP contribution in [0.25, 0.3) is 10.1 Å². The van der Waals surface area contributed by atoms with Crippen LogP contribution in [0.2, 0.25) is 0 Å². The van der Waals surface area contributed by atoms with E-state index in [4.69, 9.17) is 5.11 Å². The zero-order valence-corrected chi connectivity index (χ0v) is 9.21. The van der Waals surface area contributed by atoms with E-state index in [0.29, 0.717) is 11.4 Å². The molecular formula is C10H10N2O2S. The molecule has 0 aliphatic heterocycles. The van der Waals surface area contributed by atoms with E-state index in [9.17, 15) is 4.79 Å². The number of aromatic nitrogens is 1. The van der Waals surface area contributed by atoms with Gasteiger partial charge in [0.15, 0.2) is 5.82 Å². The van der Waals surface area contributed by atoms with Crippen molar-refractivity contribution in [2.24, 2.45) is 0 Å². The van der Waals surface area contributed by atoms with Gasteiger partial charge >= 0.3 is 5.97 Å². The van der Waals surface area contributed by atoms with Crippen LogP contribution in [0.1, 0.15) is 10.4 Å². The van der Waals surface area contributed by atoms with E-state index < -0.39 is 5.97 Å². The van der Waals surface area contributed by atoms with Crippen molar-refractivity contribution in [2.75, 3.05) is 19.0 Å². The summed E-state index contributed by atoms with van der Waals surface area (Å²) >= 11 is 1.32. The summed E-state index contributed by atoms with van der Waals surface area (Å²) in [5.41, 5.74) is 0.310. The fourth-order valence-electron chi connectivity index (χ4n) is 1.46. The lowest BCUT2D eigenvalue weighted by molar-refractivity contribution is 0.0699. The molecule has 0 saturated carbocycles. The van der Waals surface area contributed by atoms with Crippen LogP contribution in [-0.2, 0) is 0 Å². The van der Waals surface area contributed by atoms with Crippen molar-refractivity contribution in [1.29, 1.82) is 0 Å². The predicted octanol–water partition coefficient (Wildman–Crippen LogP) is 2.06. The standard InChI is InChI=1S/C10H10N2O2S/c1-12(2)9-8-6(10(13)14)4-3-5-7(8)15-11-9/h3-5H,1-2H3,(H,13,14). The Morgan fingerprint density at radius 2 is 2.20 bits per heavy atom. The summed E-state index contributed by atoms with van der Waals surface area (Å²) in [7, 11) is 3.71. The summed E-state index contributed by atoms with van der Waals surface area (Å²) in [5, 5.41) is 9.79. The van der Waals surface area contributed by atoms with Gasteiger partial charge in [0.05, 0.1) is 15.6 Å². The highest BCUT2D eigenvalue weighted by Gasteiger charge is 2.15. The number of fused-ring (bicyclic) bond motifs is 1. The molecule has 78 valence electrons. The maximum absolute atomic E-state index is 11.0. The van der Waals surface area contributed by atoms with E-state index in [1.54, 1.807) is 12.1 Å². The second-order valence-electron chi connectivity index (χ2n) is 3.38. The molecule has 1 aromatic carbocycles. The number of rotatable bonds is 2. The molecule has 2 aromatic rings. The summed E-state index contributed by atoms with van der Waals surface area (Å²) in [6, 6.07) is 5.22. The van der Waals surface area contributed by atoms with E-state index in [1.807, 2.05) is 25.1 Å². The van der Waals surface area contributed by atoms with Gasteiger partial charge in [-0.3, -0.25) is 0 Å². The molecule has 0 radical (unpaired) electrons. The lowest BCUT2D eigenvalue weighted by Crippen LogP contribution is -2.10. The Bertz CT molecular complexity index is 519. The van der Waals surface area contributed by atoms with Gasteiger partial charge in [0.25, 0.3) is 0 Å². The highest BCUT2D eigenvalue weighted by molar-refractivity contribution is 7.13. The van der Waals surface area contributed by atoms with E-state index in [2.05, 4.69) is 4.37 Å². The molecule has 0 spiro atoms. The average Bonchev–Trinajstić information content (AvgIpc) is 2.60. The van der Waals surface area contributed by atoms with Gasteiger partial charge in [-0.1, -0.05) is 6.07 Å². The second kappa shape index (κ2) is 3.51. The number of nitrogens with zero attached hydrogens (tertiary/aromatic N) is 2. The first-order chi connectivity index (χ1) is 7.11. The first-order valence-corrected chi connectivity index (χ1v) is 5.17. The molecular weight excluding hydrogens is 212 g/mol. The number of hydrogen-bond acceptors (Lipinski definition) is 4. The SMILES string of the molecule is CN(C)c1nsc2cccc(C(=O)O)c12. The molecule has 0 saturated heterocycles. The van der Waals surface area contributed by atoms with Crippen LogP contribution in [0.5, 0.6) is 0 Å². The van der Waals surface area contributed by atoms with Crippen molar-refractivity contribution in [2.45, 2.75) is 0 Å². The molecule has 4 nitrogen and oxygen atoms in total. The summed E-state index contributed by atoms with van der Waals surface area (Å²) in [6.45, 7) is 0. The Morgan fingerprint density at radius 1 is 1.47 bits per heavy atom. The summed E-state index contributed by atoms with van der Waals surface area (Å²) in [6.07, 6.45) is 0. The molecule has 0 unspecified atom stereocenters. The van der Waals surface area contributed by atoms with Gasteiger partial charge in [-0.15, -0.1) is 0 Å². The van der Waals surface area contributed by atoms with Crippen LogP contribution in [-0.4, -0.2) is 29.5 Å². The Morgan fingerprint density at radius 3 is 2.80 bits per heavy atom. The van der Waals surface area contributed by atoms with Crippen LogP contribution in [0.3, 0.4) is 0 Å². The molecule has 0 fully saturated rings. The van der Waals surface area contributed by atoms with E-state index in [1.165, 1.54) is 11.5 Å². The van der Waals surface area contributed by atoms with Crippen LogP contribution in [0.15, 0.2) is 18.2 Å². The number of benzene rings is 1. The number of carboxylic acid groups (broad SMARTS) is 1. The van der Waals surface area contributed by atoms with Gasteiger partial charge in [-0.2, -0.15) is 4.37 Å². The van der Waals surface area contributed by atoms with Gasteiger partial charge in [0.1, 0.15) is 0 Å². The molecule has 1 aromatic heterocycles. The number of carbonyl (C=O) groups is 1. The lowest BCUT2D eigenvalue weighted by Gasteiger charge is -2.09. The molecule has 0 aliphatic carbocycles. The number of anilines is 1. The highest BCUT2D eigenvalue weighted by Crippen LogP contribution is 2.31. The van der Waals surface area contributed by atoms with Crippen molar-refractivity contribution >= 4 is 33.4 Å². The highest BCUT2D eigenvalue weighted by atomic mass is 32.1. The Balaban J connectivity index is 2.80. The zero-order chi connectivity index (χ0) is 11.0. The molecule has 1 heterocycles. The maximum Gasteiger partial charge on any atom is 0.336 e. The minimum atomic E-state index is -0.913. The summed E-state index contributed by atoms with van der Waals surface area (Å²) in [4.78, 5) is 12.9. The van der Waals surface area contributed by atoms with Gasteiger partial charge in [0, 0.05) is 14.1 Å². The Hall–Kier alpha value is -1.62. The first kappa shape index (κ1) is 9.92. The molecule has 0 atom stereocenters. The van der Waals surface area contributed by atoms with Crippen molar-refractivity contribution < 1.29 is 9.90 Å². The van der Waals surface area contributed by atoms with Crippen molar-refractivity contribution in [3.63, 3.8) is 0 Å². The minimum absolute atomic E-state index is 0.310. The van der Waals surface area contributed by atoms with E-state index in [-0.39, 0.29) is 0 Å². The second-order valence-corrected chi connectivity index (χ2v) is 4.19. The Labute approximate surface area is 90.9 Å². The third kappa shape index (κ3) is 1.55. The molecule has 2 rings (SSSR count). The largest absolute Gasteiger partial charge is 0.478 e. The molecule has 0 amide bonds. The normalized spacial score (nSPS) is 10.5. The number of aromatic carboxylic acids is 1. The quantitative estimate of drug-likeness (QED) is 0.845. The zero-order valence-electron chi connectivity index (χ0n) is 8.39. The van der Waals surface area contributed by atoms with Gasteiger partial charge < -0.3 is 10.0 Å².